The smallest absolute Gasteiger partial charge is 0.460 e. The molecule has 116 valence electrons. The van der Waals surface area contributed by atoms with Gasteiger partial charge in [0.15, 0.2) is 6.61 Å². The molecule has 0 aromatic heterocycles. The molecule has 7 nitrogen and oxygen atoms in total. The van der Waals surface area contributed by atoms with E-state index in [0.29, 0.717) is 12.8 Å². The van der Waals surface area contributed by atoms with Crippen molar-refractivity contribution < 1.29 is 40.8 Å². The first kappa shape index (κ1) is 16.8. The molecule has 1 fully saturated rings. The summed E-state index contributed by atoms with van der Waals surface area (Å²) in [5, 5.41) is -5.11. The van der Waals surface area contributed by atoms with Gasteiger partial charge in [-0.05, 0) is 25.7 Å². The summed E-state index contributed by atoms with van der Waals surface area (Å²) in [5.41, 5.74) is 0. The molecule has 0 aromatic carbocycles. The van der Waals surface area contributed by atoms with Gasteiger partial charge in [0.05, 0.1) is 0 Å². The standard InChI is InChI=1S/C10H14F2O7S/c11-10(12,20(15,16)17)9(14)18-6-8(13)19-7-4-2-1-3-5-7/h7H,1-6H2,(H,15,16,17). The van der Waals surface area contributed by atoms with Crippen LogP contribution in [0, 0.1) is 0 Å². The summed E-state index contributed by atoms with van der Waals surface area (Å²) >= 11 is 0. The molecule has 1 aliphatic rings. The minimum Gasteiger partial charge on any atom is -0.460 e. The largest absolute Gasteiger partial charge is 0.465 e. The van der Waals surface area contributed by atoms with Crippen molar-refractivity contribution in [3.8, 4) is 0 Å². The monoisotopic (exact) mass is 316 g/mol. The number of ether oxygens (including phenoxy) is 2. The molecule has 0 heterocycles. The molecule has 0 aromatic rings. The number of esters is 2. The van der Waals surface area contributed by atoms with Gasteiger partial charge < -0.3 is 9.47 Å². The van der Waals surface area contributed by atoms with Crippen LogP contribution in [0.15, 0.2) is 0 Å². The lowest BCUT2D eigenvalue weighted by Crippen LogP contribution is -2.40. The molecule has 0 saturated heterocycles. The fourth-order valence-electron chi connectivity index (χ4n) is 1.72. The van der Waals surface area contributed by atoms with E-state index in [4.69, 9.17) is 9.29 Å². The first-order chi connectivity index (χ1) is 9.14. The highest BCUT2D eigenvalue weighted by atomic mass is 32.2. The molecule has 1 rings (SSSR count). The van der Waals surface area contributed by atoms with Crippen molar-refractivity contribution in [3.05, 3.63) is 0 Å². The zero-order valence-electron chi connectivity index (χ0n) is 10.4. The summed E-state index contributed by atoms with van der Waals surface area (Å²) in [5.74, 6) is -3.57. The number of halogens is 2. The predicted molar refractivity (Wildman–Crippen MR) is 60.4 cm³/mol. The van der Waals surface area contributed by atoms with Gasteiger partial charge in [-0.25, -0.2) is 9.59 Å². The summed E-state index contributed by atoms with van der Waals surface area (Å²) in [6.07, 6.45) is 3.69. The van der Waals surface area contributed by atoms with Gasteiger partial charge in [-0.15, -0.1) is 0 Å². The SMILES string of the molecule is O=C(COC(=O)C(F)(F)S(=O)(=O)O)OC1CCCCC1. The van der Waals surface area contributed by atoms with Gasteiger partial charge in [0.25, 0.3) is 0 Å². The molecule has 0 spiro atoms. The number of carbonyl (C=O) groups excluding carboxylic acids is 2. The molecule has 0 aliphatic heterocycles. The number of rotatable bonds is 5. The summed E-state index contributed by atoms with van der Waals surface area (Å²) < 4.78 is 62.9. The van der Waals surface area contributed by atoms with Crippen molar-refractivity contribution in [2.45, 2.75) is 43.5 Å². The molecule has 1 saturated carbocycles. The fraction of sp³-hybridized carbons (Fsp3) is 0.800. The predicted octanol–water partition coefficient (Wildman–Crippen LogP) is 0.886. The Kier molecular flexibility index (Phi) is 5.40. The minimum absolute atomic E-state index is 0.350. The number of hydrogen-bond acceptors (Lipinski definition) is 6. The molecule has 1 aliphatic carbocycles. The van der Waals surface area contributed by atoms with Crippen molar-refractivity contribution in [2.24, 2.45) is 0 Å². The van der Waals surface area contributed by atoms with Crippen LogP contribution in [0.5, 0.6) is 0 Å². The molecule has 0 radical (unpaired) electrons. The van der Waals surface area contributed by atoms with E-state index < -0.39 is 33.9 Å². The molecule has 0 amide bonds. The zero-order valence-corrected chi connectivity index (χ0v) is 11.2. The molecular weight excluding hydrogens is 302 g/mol. The molecule has 0 unspecified atom stereocenters. The van der Waals surface area contributed by atoms with Gasteiger partial charge in [-0.3, -0.25) is 4.55 Å². The van der Waals surface area contributed by atoms with Crippen LogP contribution in [-0.4, -0.2) is 42.9 Å². The normalized spacial score (nSPS) is 17.6. The highest BCUT2D eigenvalue weighted by molar-refractivity contribution is 7.87. The molecule has 1 N–H and O–H groups in total. The second kappa shape index (κ2) is 6.44. The van der Waals surface area contributed by atoms with Gasteiger partial charge in [-0.1, -0.05) is 6.42 Å². The van der Waals surface area contributed by atoms with Crippen LogP contribution < -0.4 is 0 Å². The summed E-state index contributed by atoms with van der Waals surface area (Å²) in [7, 11) is -5.94. The molecule has 10 heteroatoms. The van der Waals surface area contributed by atoms with Gasteiger partial charge in [0.1, 0.15) is 6.10 Å². The Hall–Kier alpha value is -1.29. The number of hydrogen-bond donors (Lipinski definition) is 1. The highest BCUT2D eigenvalue weighted by Crippen LogP contribution is 2.23. The third-order valence-corrected chi connectivity index (χ3v) is 3.55. The van der Waals surface area contributed by atoms with E-state index in [2.05, 4.69) is 4.74 Å². The van der Waals surface area contributed by atoms with Crippen LogP contribution in [0.2, 0.25) is 0 Å². The van der Waals surface area contributed by atoms with Crippen molar-refractivity contribution in [1.29, 1.82) is 0 Å². The van der Waals surface area contributed by atoms with Crippen LogP contribution in [-0.2, 0) is 29.2 Å². The fourth-order valence-corrected chi connectivity index (χ4v) is 1.99. The first-order valence-electron chi connectivity index (χ1n) is 5.86. The van der Waals surface area contributed by atoms with E-state index in [1.54, 1.807) is 0 Å². The lowest BCUT2D eigenvalue weighted by Gasteiger charge is -2.21. The summed E-state index contributed by atoms with van der Waals surface area (Å²) in [6, 6.07) is 0. The van der Waals surface area contributed by atoms with Gasteiger partial charge in [0.2, 0.25) is 0 Å². The van der Waals surface area contributed by atoms with Gasteiger partial charge in [0, 0.05) is 0 Å². The van der Waals surface area contributed by atoms with E-state index in [-0.39, 0.29) is 6.10 Å². The Bertz CT molecular complexity index is 468. The first-order valence-corrected chi connectivity index (χ1v) is 7.30. The van der Waals surface area contributed by atoms with Crippen LogP contribution in [0.1, 0.15) is 32.1 Å². The second-order valence-corrected chi connectivity index (χ2v) is 5.78. The Balaban J connectivity index is 2.42. The second-order valence-electron chi connectivity index (χ2n) is 4.32. The Morgan fingerprint density at radius 3 is 2.25 bits per heavy atom. The van der Waals surface area contributed by atoms with E-state index in [1.165, 1.54) is 0 Å². The Morgan fingerprint density at radius 1 is 1.20 bits per heavy atom. The molecule has 20 heavy (non-hydrogen) atoms. The zero-order chi connectivity index (χ0) is 15.4. The molecule has 0 atom stereocenters. The van der Waals surface area contributed by atoms with E-state index in [1.807, 2.05) is 0 Å². The maximum absolute atomic E-state index is 12.8. The summed E-state index contributed by atoms with van der Waals surface area (Å²) in [4.78, 5) is 22.0. The van der Waals surface area contributed by atoms with Crippen LogP contribution >= 0.6 is 0 Å². The average Bonchev–Trinajstić information content (AvgIpc) is 2.35. The van der Waals surface area contributed by atoms with Crippen LogP contribution in [0.4, 0.5) is 8.78 Å². The van der Waals surface area contributed by atoms with E-state index in [9.17, 15) is 26.8 Å². The lowest BCUT2D eigenvalue weighted by molar-refractivity contribution is -0.172. The Morgan fingerprint density at radius 2 is 1.75 bits per heavy atom. The number of alkyl halides is 2. The number of carbonyl (C=O) groups is 2. The topological polar surface area (TPSA) is 107 Å². The third-order valence-electron chi connectivity index (χ3n) is 2.73. The van der Waals surface area contributed by atoms with E-state index >= 15 is 0 Å². The maximum Gasteiger partial charge on any atom is 0.465 e. The van der Waals surface area contributed by atoms with E-state index in [0.717, 1.165) is 19.3 Å². The highest BCUT2D eigenvalue weighted by Gasteiger charge is 2.54. The van der Waals surface area contributed by atoms with Crippen LogP contribution in [0.3, 0.4) is 0 Å². The quantitative estimate of drug-likeness (QED) is 0.592. The maximum atomic E-state index is 12.8. The summed E-state index contributed by atoms with van der Waals surface area (Å²) in [6.45, 7) is -1.14. The minimum atomic E-state index is -5.94. The average molecular weight is 316 g/mol. The Labute approximate surface area is 114 Å². The van der Waals surface area contributed by atoms with Crippen molar-refractivity contribution >= 4 is 22.1 Å². The lowest BCUT2D eigenvalue weighted by atomic mass is 9.98. The van der Waals surface area contributed by atoms with Gasteiger partial charge in [-0.2, -0.15) is 17.2 Å². The third kappa shape index (κ3) is 4.37. The van der Waals surface area contributed by atoms with Crippen molar-refractivity contribution in [2.75, 3.05) is 6.61 Å². The molecular formula is C10H14F2O7S. The molecule has 0 bridgehead atoms. The van der Waals surface area contributed by atoms with Crippen molar-refractivity contribution in [1.82, 2.24) is 0 Å². The van der Waals surface area contributed by atoms with Crippen molar-refractivity contribution in [3.63, 3.8) is 0 Å². The van der Waals surface area contributed by atoms with Crippen LogP contribution in [0.25, 0.3) is 0 Å². The van der Waals surface area contributed by atoms with Gasteiger partial charge >= 0.3 is 27.3 Å².